The molecule has 36 heavy (non-hydrogen) atoms. The van der Waals surface area contributed by atoms with Gasteiger partial charge in [0.1, 0.15) is 17.0 Å². The van der Waals surface area contributed by atoms with Gasteiger partial charge in [-0.3, -0.25) is 4.79 Å². The number of halogens is 3. The number of fused-ring (bicyclic) bond motifs is 1. The van der Waals surface area contributed by atoms with Crippen molar-refractivity contribution in [2.75, 3.05) is 5.32 Å². The minimum absolute atomic E-state index is 0.336. The Balaban J connectivity index is 1.31. The topological polar surface area (TPSA) is 68.3 Å². The fraction of sp³-hybridized carbons (Fsp3) is 0.0714. The first-order chi connectivity index (χ1) is 17.4. The number of carbonyl (C=O) groups is 1. The predicted molar refractivity (Wildman–Crippen MR) is 146 cm³/mol. The zero-order valence-electron chi connectivity index (χ0n) is 19.0. The van der Waals surface area contributed by atoms with Gasteiger partial charge < -0.3 is 14.2 Å². The van der Waals surface area contributed by atoms with Crippen LogP contribution in [0.1, 0.15) is 18.2 Å². The van der Waals surface area contributed by atoms with E-state index in [0.29, 0.717) is 49.3 Å². The normalized spacial score (nSPS) is 11.4. The maximum Gasteiger partial charge on any atom is 0.248 e. The number of furan rings is 1. The first-order valence-corrected chi connectivity index (χ1v) is 12.3. The lowest BCUT2D eigenvalue weighted by atomic mass is 10.1. The van der Waals surface area contributed by atoms with Crippen molar-refractivity contribution < 1.29 is 13.6 Å². The molecule has 3 aromatic carbocycles. The third kappa shape index (κ3) is 5.34. The van der Waals surface area contributed by atoms with Gasteiger partial charge in [0.2, 0.25) is 11.8 Å². The Morgan fingerprint density at radius 2 is 1.75 bits per heavy atom. The molecule has 0 aliphatic rings. The first-order valence-electron chi connectivity index (χ1n) is 11.1. The summed E-state index contributed by atoms with van der Waals surface area (Å²) in [6.07, 6.45) is 3.86. The molecule has 0 aliphatic carbocycles. The van der Waals surface area contributed by atoms with Crippen molar-refractivity contribution in [2.24, 2.45) is 0 Å². The maximum absolute atomic E-state index is 12.5. The molecule has 2 aromatic heterocycles. The molecular weight excluding hydrogens is 519 g/mol. The van der Waals surface area contributed by atoms with Gasteiger partial charge in [-0.25, -0.2) is 4.98 Å². The largest absolute Gasteiger partial charge is 0.457 e. The van der Waals surface area contributed by atoms with Crippen LogP contribution in [0.25, 0.3) is 40.0 Å². The average molecular weight is 538 g/mol. The van der Waals surface area contributed by atoms with Gasteiger partial charge >= 0.3 is 0 Å². The number of oxazole rings is 1. The zero-order valence-corrected chi connectivity index (χ0v) is 21.3. The number of carbonyl (C=O) groups excluding carboxylic acids is 1. The van der Waals surface area contributed by atoms with Crippen LogP contribution in [0.2, 0.25) is 15.1 Å². The van der Waals surface area contributed by atoms with Crippen molar-refractivity contribution in [3.8, 4) is 22.8 Å². The Morgan fingerprint density at radius 3 is 2.53 bits per heavy atom. The highest BCUT2D eigenvalue weighted by Crippen LogP contribution is 2.33. The van der Waals surface area contributed by atoms with Gasteiger partial charge in [0, 0.05) is 27.4 Å². The predicted octanol–water partition coefficient (Wildman–Crippen LogP) is 8.93. The van der Waals surface area contributed by atoms with Crippen LogP contribution in [0.5, 0.6) is 0 Å². The van der Waals surface area contributed by atoms with Gasteiger partial charge in [0.05, 0.1) is 10.6 Å². The lowest BCUT2D eigenvalue weighted by Gasteiger charge is -2.05. The Kier molecular flexibility index (Phi) is 6.88. The minimum atomic E-state index is -0.336. The molecule has 0 atom stereocenters. The van der Waals surface area contributed by atoms with Crippen LogP contribution in [-0.4, -0.2) is 10.9 Å². The third-order valence-electron chi connectivity index (χ3n) is 5.50. The number of aryl methyl sites for hydroxylation is 1. The van der Waals surface area contributed by atoms with Gasteiger partial charge in [-0.2, -0.15) is 0 Å². The zero-order chi connectivity index (χ0) is 25.2. The smallest absolute Gasteiger partial charge is 0.248 e. The summed E-state index contributed by atoms with van der Waals surface area (Å²) in [5.41, 5.74) is 4.48. The van der Waals surface area contributed by atoms with Crippen LogP contribution in [-0.2, 0) is 11.2 Å². The fourth-order valence-corrected chi connectivity index (χ4v) is 4.43. The lowest BCUT2D eigenvalue weighted by molar-refractivity contribution is -0.111. The van der Waals surface area contributed by atoms with Gasteiger partial charge in [0.15, 0.2) is 5.58 Å². The minimum Gasteiger partial charge on any atom is -0.457 e. The molecule has 0 saturated heterocycles. The molecule has 0 saturated carbocycles. The maximum atomic E-state index is 12.5. The van der Waals surface area contributed by atoms with Crippen LogP contribution in [0, 0.1) is 0 Å². The van der Waals surface area contributed by atoms with Crippen LogP contribution in [0.15, 0.2) is 81.6 Å². The summed E-state index contributed by atoms with van der Waals surface area (Å²) in [4.78, 5) is 17.1. The molecule has 5 nitrogen and oxygen atoms in total. The highest BCUT2D eigenvalue weighted by Gasteiger charge is 2.14. The number of anilines is 1. The van der Waals surface area contributed by atoms with E-state index in [0.717, 1.165) is 17.5 Å². The van der Waals surface area contributed by atoms with Crippen molar-refractivity contribution in [3.05, 3.63) is 99.2 Å². The Hall–Kier alpha value is -3.51. The van der Waals surface area contributed by atoms with E-state index in [9.17, 15) is 4.79 Å². The molecule has 0 radical (unpaired) electrons. The summed E-state index contributed by atoms with van der Waals surface area (Å²) in [5, 5.41) is 4.31. The molecule has 5 aromatic rings. The monoisotopic (exact) mass is 536 g/mol. The molecule has 0 fully saturated rings. The van der Waals surface area contributed by atoms with Gasteiger partial charge in [-0.15, -0.1) is 0 Å². The molecule has 1 N–H and O–H groups in total. The summed E-state index contributed by atoms with van der Waals surface area (Å²) < 4.78 is 11.7. The van der Waals surface area contributed by atoms with E-state index in [4.69, 9.17) is 43.6 Å². The molecule has 8 heteroatoms. The lowest BCUT2D eigenvalue weighted by Crippen LogP contribution is -2.07. The van der Waals surface area contributed by atoms with Crippen LogP contribution in [0.4, 0.5) is 5.69 Å². The van der Waals surface area contributed by atoms with Crippen molar-refractivity contribution >= 4 is 63.6 Å². The average Bonchev–Trinajstić information content (AvgIpc) is 3.50. The number of nitrogens with one attached hydrogen (secondary N) is 1. The van der Waals surface area contributed by atoms with Gasteiger partial charge in [-0.05, 0) is 78.7 Å². The molecule has 0 aliphatic heterocycles. The highest BCUT2D eigenvalue weighted by molar-refractivity contribution is 6.35. The van der Waals surface area contributed by atoms with Crippen molar-refractivity contribution in [1.82, 2.24) is 4.98 Å². The summed E-state index contributed by atoms with van der Waals surface area (Å²) in [7, 11) is 0. The molecular formula is C28H19Cl3N2O3. The van der Waals surface area contributed by atoms with E-state index in [2.05, 4.69) is 17.2 Å². The van der Waals surface area contributed by atoms with Gasteiger partial charge in [-0.1, -0.05) is 47.8 Å². The molecule has 2 heterocycles. The van der Waals surface area contributed by atoms with Gasteiger partial charge in [0.25, 0.3) is 0 Å². The summed E-state index contributed by atoms with van der Waals surface area (Å²) >= 11 is 18.5. The Morgan fingerprint density at radius 1 is 0.944 bits per heavy atom. The summed E-state index contributed by atoms with van der Waals surface area (Å²) in [6.45, 7) is 2.08. The summed E-state index contributed by atoms with van der Waals surface area (Å²) in [6, 6.07) is 19.7. The number of nitrogens with zero attached hydrogens (tertiary/aromatic N) is 1. The van der Waals surface area contributed by atoms with E-state index in [1.54, 1.807) is 54.6 Å². The van der Waals surface area contributed by atoms with E-state index in [1.807, 2.05) is 18.2 Å². The van der Waals surface area contributed by atoms with E-state index in [1.165, 1.54) is 11.6 Å². The number of rotatable bonds is 6. The Labute approximate surface area is 222 Å². The quantitative estimate of drug-likeness (QED) is 0.220. The second-order valence-corrected chi connectivity index (χ2v) is 9.33. The second kappa shape index (κ2) is 10.2. The number of aromatic nitrogens is 1. The van der Waals surface area contributed by atoms with E-state index in [-0.39, 0.29) is 5.91 Å². The standard InChI is InChI=1S/C28H19Cl3N2O3/c1-2-16-3-8-26-24(11-16)33-28(36-26)22-15-20(4-7-23(22)31)32-27(34)10-6-21-5-9-25(35-21)17-12-18(29)14-19(30)13-17/h3-15H,2H2,1H3,(H,32,34)/b10-6+. The number of hydrogen-bond acceptors (Lipinski definition) is 4. The molecule has 0 unspecified atom stereocenters. The molecule has 180 valence electrons. The van der Waals surface area contributed by atoms with Crippen molar-refractivity contribution in [3.63, 3.8) is 0 Å². The van der Waals surface area contributed by atoms with E-state index >= 15 is 0 Å². The summed E-state index contributed by atoms with van der Waals surface area (Å²) in [5.74, 6) is 1.15. The first kappa shape index (κ1) is 24.2. The van der Waals surface area contributed by atoms with Crippen LogP contribution in [0.3, 0.4) is 0 Å². The Bertz CT molecular complexity index is 1600. The van der Waals surface area contributed by atoms with Crippen molar-refractivity contribution in [2.45, 2.75) is 13.3 Å². The SMILES string of the molecule is CCc1ccc2oc(-c3cc(NC(=O)/C=C/c4ccc(-c5cc(Cl)cc(Cl)c5)o4)ccc3Cl)nc2c1. The van der Waals surface area contributed by atoms with Crippen LogP contribution >= 0.6 is 34.8 Å². The number of hydrogen-bond donors (Lipinski definition) is 1. The highest BCUT2D eigenvalue weighted by atomic mass is 35.5. The second-order valence-electron chi connectivity index (χ2n) is 8.05. The molecule has 0 bridgehead atoms. The molecule has 0 spiro atoms. The van der Waals surface area contributed by atoms with Crippen LogP contribution < -0.4 is 5.32 Å². The van der Waals surface area contributed by atoms with Crippen molar-refractivity contribution in [1.29, 1.82) is 0 Å². The molecule has 5 rings (SSSR count). The fourth-order valence-electron chi connectivity index (χ4n) is 3.71. The van der Waals surface area contributed by atoms with E-state index < -0.39 is 0 Å². The molecule has 1 amide bonds. The number of benzene rings is 3. The third-order valence-corrected chi connectivity index (χ3v) is 6.26. The number of amides is 1.